The van der Waals surface area contributed by atoms with Gasteiger partial charge in [0.15, 0.2) is 23.2 Å². The van der Waals surface area contributed by atoms with E-state index in [1.807, 2.05) is 39.0 Å². The number of hydrogen-bond acceptors (Lipinski definition) is 7. The van der Waals surface area contributed by atoms with E-state index in [-0.39, 0.29) is 28.9 Å². The maximum absolute atomic E-state index is 14.5. The molecule has 1 spiro atoms. The number of Topliss-reactive ketones (excluding diaryl/α,β-unsaturated/α-hetero) is 1. The molecule has 3 aliphatic carbocycles. The molecule has 2 bridgehead atoms. The van der Waals surface area contributed by atoms with Gasteiger partial charge in [-0.25, -0.2) is 9.48 Å². The summed E-state index contributed by atoms with van der Waals surface area (Å²) < 4.78 is 7.43. The zero-order valence-corrected chi connectivity index (χ0v) is 22.5. The van der Waals surface area contributed by atoms with Gasteiger partial charge in [-0.15, -0.1) is 0 Å². The van der Waals surface area contributed by atoms with Gasteiger partial charge in [0.2, 0.25) is 0 Å². The lowest BCUT2D eigenvalue weighted by Gasteiger charge is -2.48. The summed E-state index contributed by atoms with van der Waals surface area (Å²) >= 11 is 0. The summed E-state index contributed by atoms with van der Waals surface area (Å²) in [7, 11) is 0. The van der Waals surface area contributed by atoms with Crippen LogP contribution in [0.25, 0.3) is 5.69 Å². The Labute approximate surface area is 222 Å². The van der Waals surface area contributed by atoms with Crippen molar-refractivity contribution in [3.63, 3.8) is 0 Å². The third-order valence-electron chi connectivity index (χ3n) is 9.59. The zero-order valence-electron chi connectivity index (χ0n) is 22.5. The van der Waals surface area contributed by atoms with Gasteiger partial charge >= 0.3 is 5.97 Å². The van der Waals surface area contributed by atoms with Gasteiger partial charge in [-0.1, -0.05) is 58.0 Å². The fraction of sp³-hybridized carbons (Fsp3) is 0.500. The first-order valence-corrected chi connectivity index (χ1v) is 13.2. The van der Waals surface area contributed by atoms with Crippen LogP contribution in [0.4, 0.5) is 0 Å². The van der Waals surface area contributed by atoms with Crippen LogP contribution in [0.15, 0.2) is 65.9 Å². The molecule has 0 unspecified atom stereocenters. The highest BCUT2D eigenvalue weighted by Crippen LogP contribution is 2.62. The van der Waals surface area contributed by atoms with Crippen molar-refractivity contribution in [3.05, 3.63) is 71.6 Å². The second kappa shape index (κ2) is 9.00. The predicted octanol–water partition coefficient (Wildman–Crippen LogP) is 3.26. The van der Waals surface area contributed by atoms with Crippen LogP contribution in [-0.4, -0.2) is 61.3 Å². The topological polar surface area (TPSA) is 122 Å². The molecule has 2 aromatic rings. The average molecular weight is 521 g/mol. The minimum atomic E-state index is -2.20. The summed E-state index contributed by atoms with van der Waals surface area (Å²) in [6, 6.07) is 10.6. The van der Waals surface area contributed by atoms with E-state index in [1.54, 1.807) is 31.2 Å². The number of rotatable bonds is 4. The van der Waals surface area contributed by atoms with Crippen molar-refractivity contribution >= 4 is 11.8 Å². The van der Waals surface area contributed by atoms with E-state index in [4.69, 9.17) is 4.74 Å². The summed E-state index contributed by atoms with van der Waals surface area (Å²) in [4.78, 5) is 28.1. The first-order valence-electron chi connectivity index (χ1n) is 13.2. The summed E-state index contributed by atoms with van der Waals surface area (Å²) in [6.07, 6.45) is 2.50. The zero-order chi connectivity index (χ0) is 27.6. The Hall–Kier alpha value is -3.07. The highest BCUT2D eigenvalue weighted by molar-refractivity contribution is 5.95. The molecule has 1 aromatic heterocycles. The van der Waals surface area contributed by atoms with E-state index in [2.05, 4.69) is 12.0 Å². The van der Waals surface area contributed by atoms with E-state index in [0.29, 0.717) is 17.7 Å². The molecule has 5 rings (SSSR count). The summed E-state index contributed by atoms with van der Waals surface area (Å²) in [5, 5.41) is 38.8. The molecule has 38 heavy (non-hydrogen) atoms. The molecule has 3 N–H and O–H groups in total. The van der Waals surface area contributed by atoms with Gasteiger partial charge in [0.05, 0.1) is 23.9 Å². The van der Waals surface area contributed by atoms with E-state index in [9.17, 15) is 24.9 Å². The fourth-order valence-corrected chi connectivity index (χ4v) is 7.05. The molecule has 1 heterocycles. The normalized spacial score (nSPS) is 36.0. The summed E-state index contributed by atoms with van der Waals surface area (Å²) in [5.74, 6) is -1.88. The van der Waals surface area contributed by atoms with Crippen LogP contribution >= 0.6 is 0 Å². The van der Waals surface area contributed by atoms with E-state index in [0.717, 1.165) is 0 Å². The molecule has 202 valence electrons. The number of carbonyl (C=O) groups excluding carboxylic acids is 2. The van der Waals surface area contributed by atoms with Crippen LogP contribution in [0.3, 0.4) is 0 Å². The monoisotopic (exact) mass is 520 g/mol. The SMILES string of the molecule is CC1=C[C@]23C(=O)[C@@H](C=C(CO)[C@@H](O)[C@]2(O)[C@H]1OC(=O)c1ccnn1-c1ccccc1)C(C)(C)[C@@H](C)C[C@H]3C. The minimum absolute atomic E-state index is 0.108. The number of benzene rings is 1. The number of hydrogen-bond donors (Lipinski definition) is 3. The molecule has 0 radical (unpaired) electrons. The van der Waals surface area contributed by atoms with Crippen LogP contribution in [0, 0.1) is 28.6 Å². The van der Waals surface area contributed by atoms with Gasteiger partial charge in [0.1, 0.15) is 6.10 Å². The van der Waals surface area contributed by atoms with Crippen LogP contribution in [0.1, 0.15) is 51.5 Å². The number of carbonyl (C=O) groups is 2. The van der Waals surface area contributed by atoms with Crippen molar-refractivity contribution in [3.8, 4) is 5.69 Å². The number of aliphatic hydroxyl groups excluding tert-OH is 2. The molecular formula is C30H36N2O6. The Morgan fingerprint density at radius 3 is 2.50 bits per heavy atom. The van der Waals surface area contributed by atoms with Crippen molar-refractivity contribution in [2.75, 3.05) is 6.61 Å². The van der Waals surface area contributed by atoms with Crippen LogP contribution in [0.5, 0.6) is 0 Å². The van der Waals surface area contributed by atoms with E-state index < -0.39 is 47.1 Å². The summed E-state index contributed by atoms with van der Waals surface area (Å²) in [5.41, 5.74) is -2.77. The predicted molar refractivity (Wildman–Crippen MR) is 140 cm³/mol. The molecule has 1 saturated carbocycles. The number of nitrogens with zero attached hydrogens (tertiary/aromatic N) is 2. The van der Waals surface area contributed by atoms with Gasteiger partial charge in [-0.2, -0.15) is 5.10 Å². The standard InChI is InChI=1S/C30H36N2O6/c1-17-15-29-19(3)13-18(2)28(4,5)22(25(29)35)14-20(16-33)24(34)30(29,37)26(17)38-27(36)23-11-12-31-32(23)21-9-7-6-8-10-21/h6-12,14-15,18-19,22,24,26,33-34,37H,13,16H2,1-5H3/t18-,19+,22+,24+,26-,29-,30-/m0/s1. The number of aliphatic hydroxyl groups is 3. The second-order valence-corrected chi connectivity index (χ2v) is 11.8. The molecule has 7 atom stereocenters. The van der Waals surface area contributed by atoms with Crippen molar-refractivity contribution in [2.45, 2.75) is 58.8 Å². The molecular weight excluding hydrogens is 484 g/mol. The molecule has 1 aromatic carbocycles. The van der Waals surface area contributed by atoms with Crippen LogP contribution < -0.4 is 0 Å². The van der Waals surface area contributed by atoms with Crippen LogP contribution in [0.2, 0.25) is 0 Å². The first kappa shape index (κ1) is 26.5. The highest BCUT2D eigenvalue weighted by Gasteiger charge is 2.73. The van der Waals surface area contributed by atoms with E-state index >= 15 is 0 Å². The third-order valence-corrected chi connectivity index (χ3v) is 9.59. The minimum Gasteiger partial charge on any atom is -0.450 e. The number of fused-ring (bicyclic) bond motifs is 1. The first-order chi connectivity index (χ1) is 17.9. The Morgan fingerprint density at radius 1 is 1.16 bits per heavy atom. The van der Waals surface area contributed by atoms with Crippen molar-refractivity contribution in [2.24, 2.45) is 28.6 Å². The van der Waals surface area contributed by atoms with Gasteiger partial charge < -0.3 is 20.1 Å². The van der Waals surface area contributed by atoms with Crippen molar-refractivity contribution in [1.82, 2.24) is 9.78 Å². The second-order valence-electron chi connectivity index (χ2n) is 11.8. The number of ketones is 1. The highest BCUT2D eigenvalue weighted by atomic mass is 16.6. The number of allylic oxidation sites excluding steroid dienone is 1. The third kappa shape index (κ3) is 3.43. The molecule has 0 amide bonds. The number of esters is 1. The number of ether oxygens (including phenoxy) is 1. The molecule has 0 aliphatic heterocycles. The molecule has 8 heteroatoms. The Kier molecular flexibility index (Phi) is 6.29. The lowest BCUT2D eigenvalue weighted by Crippen LogP contribution is -2.65. The lowest BCUT2D eigenvalue weighted by molar-refractivity contribution is -0.190. The maximum atomic E-state index is 14.5. The summed E-state index contributed by atoms with van der Waals surface area (Å²) in [6.45, 7) is 9.20. The maximum Gasteiger partial charge on any atom is 0.357 e. The number of aromatic nitrogens is 2. The molecule has 8 nitrogen and oxygen atoms in total. The van der Waals surface area contributed by atoms with Gasteiger partial charge in [-0.05, 0) is 59.9 Å². The van der Waals surface area contributed by atoms with E-state index in [1.165, 1.54) is 16.9 Å². The lowest BCUT2D eigenvalue weighted by atomic mass is 9.59. The molecule has 3 aliphatic rings. The number of para-hydroxylation sites is 1. The Morgan fingerprint density at radius 2 is 1.84 bits per heavy atom. The quantitative estimate of drug-likeness (QED) is 0.418. The molecule has 0 saturated heterocycles. The fourth-order valence-electron chi connectivity index (χ4n) is 7.05. The van der Waals surface area contributed by atoms with Gasteiger partial charge in [-0.3, -0.25) is 4.79 Å². The average Bonchev–Trinajstić information content (AvgIpc) is 3.44. The van der Waals surface area contributed by atoms with Gasteiger partial charge in [0.25, 0.3) is 0 Å². The Bertz CT molecular complexity index is 1330. The van der Waals surface area contributed by atoms with Crippen molar-refractivity contribution < 1.29 is 29.6 Å². The van der Waals surface area contributed by atoms with Crippen LogP contribution in [-0.2, 0) is 9.53 Å². The Balaban J connectivity index is 1.63. The van der Waals surface area contributed by atoms with Crippen molar-refractivity contribution in [1.29, 1.82) is 0 Å². The smallest absolute Gasteiger partial charge is 0.357 e. The van der Waals surface area contributed by atoms with Gasteiger partial charge in [0, 0.05) is 5.92 Å². The molecule has 1 fully saturated rings. The largest absolute Gasteiger partial charge is 0.450 e.